The Labute approximate surface area is 168 Å². The van der Waals surface area contributed by atoms with E-state index in [1.54, 1.807) is 24.5 Å². The van der Waals surface area contributed by atoms with Gasteiger partial charge < -0.3 is 15.5 Å². The predicted octanol–water partition coefficient (Wildman–Crippen LogP) is 4.22. The molecule has 0 aliphatic rings. The van der Waals surface area contributed by atoms with Crippen molar-refractivity contribution in [3.63, 3.8) is 0 Å². The van der Waals surface area contributed by atoms with Gasteiger partial charge in [-0.25, -0.2) is 4.98 Å². The Hall–Kier alpha value is -3.51. The van der Waals surface area contributed by atoms with Crippen LogP contribution in [-0.4, -0.2) is 27.6 Å². The molecule has 29 heavy (non-hydrogen) atoms. The van der Waals surface area contributed by atoms with Crippen molar-refractivity contribution in [2.45, 2.75) is 12.5 Å². The van der Waals surface area contributed by atoms with Crippen LogP contribution in [0.15, 0.2) is 67.3 Å². The predicted molar refractivity (Wildman–Crippen MR) is 113 cm³/mol. The molecule has 0 bridgehead atoms. The van der Waals surface area contributed by atoms with Gasteiger partial charge in [0.15, 0.2) is 0 Å². The molecule has 1 aromatic carbocycles. The second-order valence-corrected chi connectivity index (χ2v) is 6.83. The number of pyridine rings is 2. The largest absolute Gasteiger partial charge is 0.490 e. The molecule has 0 radical (unpaired) electrons. The number of nitrogens with one attached hydrogen (secondary N) is 1. The first-order chi connectivity index (χ1) is 14.2. The lowest BCUT2D eigenvalue weighted by Crippen LogP contribution is -2.30. The third-order valence-corrected chi connectivity index (χ3v) is 4.57. The Morgan fingerprint density at radius 3 is 2.86 bits per heavy atom. The van der Waals surface area contributed by atoms with Gasteiger partial charge in [0.2, 0.25) is 5.95 Å². The van der Waals surface area contributed by atoms with Crippen LogP contribution in [0.1, 0.15) is 16.7 Å². The zero-order valence-corrected chi connectivity index (χ0v) is 15.8. The van der Waals surface area contributed by atoms with Gasteiger partial charge in [0.05, 0.1) is 6.20 Å². The second-order valence-electron chi connectivity index (χ2n) is 6.83. The Morgan fingerprint density at radius 2 is 1.97 bits per heavy atom. The molecule has 1 atom stereocenters. The number of halogens is 1. The summed E-state index contributed by atoms with van der Waals surface area (Å²) >= 11 is 0. The maximum Gasteiger partial charge on any atom is 0.213 e. The fraction of sp³-hybridized carbons (Fsp3) is 0.130. The number of hydrogen-bond donors (Lipinski definition) is 2. The highest BCUT2D eigenvalue weighted by molar-refractivity contribution is 5.83. The van der Waals surface area contributed by atoms with Crippen molar-refractivity contribution in [2.75, 3.05) is 6.61 Å². The number of H-pyrrole nitrogens is 1. The number of para-hydroxylation sites is 1. The minimum absolute atomic E-state index is 0.145. The first-order valence-electron chi connectivity index (χ1n) is 9.35. The summed E-state index contributed by atoms with van der Waals surface area (Å²) in [7, 11) is 0. The molecular formula is C23H21FN4O. The molecule has 0 aliphatic heterocycles. The Morgan fingerprint density at radius 1 is 1.10 bits per heavy atom. The zero-order chi connectivity index (χ0) is 20.1. The summed E-state index contributed by atoms with van der Waals surface area (Å²) in [6.07, 6.45) is 11.2. The summed E-state index contributed by atoms with van der Waals surface area (Å²) in [5.74, 6) is 0.133. The van der Waals surface area contributed by atoms with Crippen LogP contribution in [0.3, 0.4) is 0 Å². The van der Waals surface area contributed by atoms with Crippen molar-refractivity contribution in [1.82, 2.24) is 15.0 Å². The lowest BCUT2D eigenvalue weighted by atomic mass is 10.1. The summed E-state index contributed by atoms with van der Waals surface area (Å²) in [6.45, 7) is 0.379. The van der Waals surface area contributed by atoms with Crippen LogP contribution in [0.25, 0.3) is 23.1 Å². The Bertz CT molecular complexity index is 1140. The molecule has 5 nitrogen and oxygen atoms in total. The number of aromatic nitrogens is 3. The van der Waals surface area contributed by atoms with E-state index in [2.05, 4.69) is 21.0 Å². The normalized spacial score (nSPS) is 12.5. The molecule has 0 fully saturated rings. The van der Waals surface area contributed by atoms with Gasteiger partial charge in [0.1, 0.15) is 12.4 Å². The van der Waals surface area contributed by atoms with Crippen molar-refractivity contribution in [2.24, 2.45) is 5.73 Å². The van der Waals surface area contributed by atoms with E-state index in [4.69, 9.17) is 10.5 Å². The van der Waals surface area contributed by atoms with Crippen LogP contribution >= 0.6 is 0 Å². The molecule has 0 saturated carbocycles. The molecule has 3 aromatic heterocycles. The summed E-state index contributed by atoms with van der Waals surface area (Å²) < 4.78 is 19.0. The molecule has 4 rings (SSSR count). The van der Waals surface area contributed by atoms with Crippen LogP contribution in [-0.2, 0) is 6.42 Å². The molecule has 146 valence electrons. The summed E-state index contributed by atoms with van der Waals surface area (Å²) in [5.41, 5.74) is 10.1. The monoisotopic (exact) mass is 388 g/mol. The van der Waals surface area contributed by atoms with Crippen LogP contribution < -0.4 is 10.5 Å². The fourth-order valence-electron chi connectivity index (χ4n) is 3.16. The van der Waals surface area contributed by atoms with Gasteiger partial charge in [-0.1, -0.05) is 30.4 Å². The van der Waals surface area contributed by atoms with E-state index in [-0.39, 0.29) is 6.04 Å². The van der Waals surface area contributed by atoms with Crippen molar-refractivity contribution < 1.29 is 9.13 Å². The highest BCUT2D eigenvalue weighted by Gasteiger charge is 2.10. The minimum Gasteiger partial charge on any atom is -0.490 e. The number of fused-ring (bicyclic) bond motifs is 1. The van der Waals surface area contributed by atoms with E-state index in [1.165, 1.54) is 23.2 Å². The number of ether oxygens (including phenoxy) is 1. The van der Waals surface area contributed by atoms with E-state index >= 15 is 0 Å². The maximum atomic E-state index is 13.2. The first kappa shape index (κ1) is 18.8. The Balaban J connectivity index is 1.36. The van der Waals surface area contributed by atoms with Crippen molar-refractivity contribution >= 4 is 23.1 Å². The van der Waals surface area contributed by atoms with Gasteiger partial charge in [0, 0.05) is 41.6 Å². The van der Waals surface area contributed by atoms with Crippen LogP contribution in [0.5, 0.6) is 5.75 Å². The number of hydrogen-bond acceptors (Lipinski definition) is 4. The third kappa shape index (κ3) is 4.86. The summed E-state index contributed by atoms with van der Waals surface area (Å²) in [6, 6.07) is 13.0. The van der Waals surface area contributed by atoms with Gasteiger partial charge in [-0.2, -0.15) is 4.39 Å². The van der Waals surface area contributed by atoms with E-state index in [9.17, 15) is 4.39 Å². The number of benzene rings is 1. The van der Waals surface area contributed by atoms with Crippen molar-refractivity contribution in [1.29, 1.82) is 0 Å². The third-order valence-electron chi connectivity index (χ3n) is 4.57. The minimum atomic E-state index is -0.508. The van der Waals surface area contributed by atoms with Crippen LogP contribution in [0.2, 0.25) is 0 Å². The molecule has 0 unspecified atom stereocenters. The molecule has 6 heteroatoms. The van der Waals surface area contributed by atoms with Crippen molar-refractivity contribution in [3.8, 4) is 5.75 Å². The summed E-state index contributed by atoms with van der Waals surface area (Å²) in [5, 5.41) is 1.18. The first-order valence-corrected chi connectivity index (χ1v) is 9.35. The van der Waals surface area contributed by atoms with Crippen LogP contribution in [0.4, 0.5) is 4.39 Å². The standard InChI is InChI=1S/C23H21FN4O/c24-23-10-16(7-8-27-23)5-6-17-9-20(14-26-12-17)29-15-19(25)11-18-13-28-22-4-2-1-3-21(18)22/h1-10,12-14,19,28H,11,15,25H2/b6-5+/t19-/m0/s1. The highest BCUT2D eigenvalue weighted by atomic mass is 19.1. The van der Waals surface area contributed by atoms with Gasteiger partial charge >= 0.3 is 0 Å². The molecule has 3 heterocycles. The average molecular weight is 388 g/mol. The quantitative estimate of drug-likeness (QED) is 0.465. The number of rotatable bonds is 7. The van der Waals surface area contributed by atoms with Crippen LogP contribution in [0, 0.1) is 5.95 Å². The lowest BCUT2D eigenvalue weighted by molar-refractivity contribution is 0.287. The van der Waals surface area contributed by atoms with Gasteiger partial charge in [-0.15, -0.1) is 0 Å². The molecule has 0 aliphatic carbocycles. The fourth-order valence-corrected chi connectivity index (χ4v) is 3.16. The van der Waals surface area contributed by atoms with E-state index in [0.717, 1.165) is 16.6 Å². The number of nitrogens with zero attached hydrogens (tertiary/aromatic N) is 2. The van der Waals surface area contributed by atoms with Gasteiger partial charge in [-0.05, 0) is 41.3 Å². The second kappa shape index (κ2) is 8.67. The lowest BCUT2D eigenvalue weighted by Gasteiger charge is -2.13. The topological polar surface area (TPSA) is 76.8 Å². The van der Waals surface area contributed by atoms with E-state index < -0.39 is 5.95 Å². The molecule has 0 saturated heterocycles. The van der Waals surface area contributed by atoms with Crippen molar-refractivity contribution in [3.05, 3.63) is 89.9 Å². The SMILES string of the molecule is N[C@H](COc1cncc(/C=C/c2ccnc(F)c2)c1)Cc1c[nH]c2ccccc12. The van der Waals surface area contributed by atoms with E-state index in [0.29, 0.717) is 18.8 Å². The van der Waals surface area contributed by atoms with Gasteiger partial charge in [0.25, 0.3) is 0 Å². The number of aromatic amines is 1. The molecule has 4 aromatic rings. The summed E-state index contributed by atoms with van der Waals surface area (Å²) in [4.78, 5) is 11.0. The molecule has 3 N–H and O–H groups in total. The molecule has 0 amide bonds. The zero-order valence-electron chi connectivity index (χ0n) is 15.8. The highest BCUT2D eigenvalue weighted by Crippen LogP contribution is 2.19. The average Bonchev–Trinajstić information content (AvgIpc) is 3.14. The van der Waals surface area contributed by atoms with Gasteiger partial charge in [-0.3, -0.25) is 4.98 Å². The molecule has 0 spiro atoms. The Kier molecular flexibility index (Phi) is 5.63. The van der Waals surface area contributed by atoms with E-state index in [1.807, 2.05) is 36.5 Å². The number of nitrogens with two attached hydrogens (primary N) is 1. The molecular weight excluding hydrogens is 367 g/mol. The smallest absolute Gasteiger partial charge is 0.213 e. The maximum absolute atomic E-state index is 13.2.